The van der Waals surface area contributed by atoms with Crippen LogP contribution in [0.25, 0.3) is 22.2 Å². The summed E-state index contributed by atoms with van der Waals surface area (Å²) < 4.78 is 0. The maximum Gasteiger partial charge on any atom is 0.187 e. The Bertz CT molecular complexity index is 903. The molecule has 0 aliphatic carbocycles. The summed E-state index contributed by atoms with van der Waals surface area (Å²) >= 11 is 1.62. The van der Waals surface area contributed by atoms with Crippen LogP contribution in [-0.4, -0.2) is 9.97 Å². The zero-order valence-electron chi connectivity index (χ0n) is 12.1. The highest BCUT2D eigenvalue weighted by molar-refractivity contribution is 7.13. The summed E-state index contributed by atoms with van der Waals surface area (Å²) in [7, 11) is 0. The van der Waals surface area contributed by atoms with Gasteiger partial charge in [0.25, 0.3) is 0 Å². The van der Waals surface area contributed by atoms with Crippen LogP contribution in [0.5, 0.6) is 0 Å². The largest absolute Gasteiger partial charge is 0.354 e. The zero-order valence-corrected chi connectivity index (χ0v) is 12.9. The average molecular weight is 305 g/mol. The minimum absolute atomic E-state index is 0.918. The van der Waals surface area contributed by atoms with Crippen molar-refractivity contribution in [3.8, 4) is 11.3 Å². The number of aromatic amines is 1. The van der Waals surface area contributed by atoms with Crippen LogP contribution in [0.3, 0.4) is 0 Å². The van der Waals surface area contributed by atoms with Gasteiger partial charge in [-0.3, -0.25) is 0 Å². The molecule has 108 valence electrons. The van der Waals surface area contributed by atoms with Crippen LogP contribution < -0.4 is 5.32 Å². The lowest BCUT2D eigenvalue weighted by Gasteiger charge is -2.08. The minimum Gasteiger partial charge on any atom is -0.354 e. The first-order chi connectivity index (χ1) is 10.8. The van der Waals surface area contributed by atoms with Crippen molar-refractivity contribution in [2.24, 2.45) is 0 Å². The first kappa shape index (κ1) is 13.1. The molecule has 4 heteroatoms. The number of H-pyrrole nitrogens is 1. The molecule has 0 amide bonds. The van der Waals surface area contributed by atoms with E-state index in [0.29, 0.717) is 0 Å². The maximum atomic E-state index is 4.48. The van der Waals surface area contributed by atoms with Gasteiger partial charge in [-0.25, -0.2) is 4.98 Å². The molecule has 2 heterocycles. The van der Waals surface area contributed by atoms with Gasteiger partial charge in [0.2, 0.25) is 0 Å². The van der Waals surface area contributed by atoms with E-state index in [2.05, 4.69) is 57.7 Å². The molecule has 4 rings (SSSR count). The van der Waals surface area contributed by atoms with Gasteiger partial charge in [-0.05, 0) is 25.1 Å². The highest BCUT2D eigenvalue weighted by atomic mass is 32.1. The summed E-state index contributed by atoms with van der Waals surface area (Å²) in [4.78, 5) is 7.97. The van der Waals surface area contributed by atoms with Crippen molar-refractivity contribution in [1.29, 1.82) is 0 Å². The van der Waals surface area contributed by atoms with Crippen molar-refractivity contribution in [1.82, 2.24) is 9.97 Å². The van der Waals surface area contributed by atoms with Crippen molar-refractivity contribution in [3.63, 3.8) is 0 Å². The van der Waals surface area contributed by atoms with E-state index in [1.54, 1.807) is 11.3 Å². The molecule has 3 nitrogen and oxygen atoms in total. The molecule has 0 radical (unpaired) electrons. The van der Waals surface area contributed by atoms with Gasteiger partial charge in [0, 0.05) is 33.2 Å². The Morgan fingerprint density at radius 3 is 2.68 bits per heavy atom. The fraction of sp³-hybridized carbons (Fsp3) is 0.0556. The number of thiazole rings is 1. The first-order valence-electron chi connectivity index (χ1n) is 7.16. The number of hydrogen-bond acceptors (Lipinski definition) is 3. The quantitative estimate of drug-likeness (QED) is 0.536. The monoisotopic (exact) mass is 305 g/mol. The van der Waals surface area contributed by atoms with Crippen molar-refractivity contribution >= 4 is 33.1 Å². The molecule has 0 fully saturated rings. The normalized spacial score (nSPS) is 11.0. The third kappa shape index (κ3) is 2.38. The molecule has 0 saturated heterocycles. The third-order valence-corrected chi connectivity index (χ3v) is 4.48. The predicted octanol–water partition coefficient (Wildman–Crippen LogP) is 5.34. The molecule has 0 bridgehead atoms. The maximum absolute atomic E-state index is 4.48. The molecule has 2 N–H and O–H groups in total. The van der Waals surface area contributed by atoms with Crippen LogP contribution in [-0.2, 0) is 0 Å². The van der Waals surface area contributed by atoms with Crippen LogP contribution in [0.15, 0.2) is 60.0 Å². The standard InChI is InChI=1S/C18H15N3S/c1-12-11-22-18(19-12)21-16-9-5-3-7-14(16)17-10-13-6-2-4-8-15(13)20-17/h2-11,20H,1H3,(H,19,21). The number of nitrogens with one attached hydrogen (secondary N) is 2. The number of fused-ring (bicyclic) bond motifs is 1. The van der Waals surface area contributed by atoms with Crippen molar-refractivity contribution in [2.45, 2.75) is 6.92 Å². The number of anilines is 2. The molecule has 2 aromatic carbocycles. The molecular weight excluding hydrogens is 290 g/mol. The molecule has 0 aliphatic rings. The van der Waals surface area contributed by atoms with Gasteiger partial charge in [0.05, 0.1) is 5.69 Å². The number of rotatable bonds is 3. The van der Waals surface area contributed by atoms with Crippen LogP contribution in [0, 0.1) is 6.92 Å². The van der Waals surface area contributed by atoms with E-state index >= 15 is 0 Å². The van der Waals surface area contributed by atoms with E-state index < -0.39 is 0 Å². The molecule has 0 aliphatic heterocycles. The predicted molar refractivity (Wildman–Crippen MR) is 93.9 cm³/mol. The second-order valence-electron chi connectivity index (χ2n) is 5.23. The minimum atomic E-state index is 0.918. The van der Waals surface area contributed by atoms with Crippen molar-refractivity contribution in [3.05, 3.63) is 65.7 Å². The second kappa shape index (κ2) is 5.31. The van der Waals surface area contributed by atoms with Crippen molar-refractivity contribution in [2.75, 3.05) is 5.32 Å². The number of aromatic nitrogens is 2. The van der Waals surface area contributed by atoms with E-state index in [4.69, 9.17) is 0 Å². The van der Waals surface area contributed by atoms with E-state index in [1.165, 1.54) is 5.39 Å². The van der Waals surface area contributed by atoms with Crippen LogP contribution >= 0.6 is 11.3 Å². The zero-order chi connectivity index (χ0) is 14.9. The summed E-state index contributed by atoms with van der Waals surface area (Å²) in [5.41, 5.74) is 5.50. The summed E-state index contributed by atoms with van der Waals surface area (Å²) in [5, 5.41) is 7.61. The van der Waals surface area contributed by atoms with Gasteiger partial charge in [0.1, 0.15) is 0 Å². The van der Waals surface area contributed by atoms with Crippen molar-refractivity contribution < 1.29 is 0 Å². The first-order valence-corrected chi connectivity index (χ1v) is 8.04. The lowest BCUT2D eigenvalue weighted by atomic mass is 10.1. The Kier molecular flexibility index (Phi) is 3.16. The van der Waals surface area contributed by atoms with Crippen LogP contribution in [0.1, 0.15) is 5.69 Å². The van der Waals surface area contributed by atoms with E-state index in [1.807, 2.05) is 24.4 Å². The van der Waals surface area contributed by atoms with E-state index in [9.17, 15) is 0 Å². The van der Waals surface area contributed by atoms with Gasteiger partial charge in [-0.1, -0.05) is 36.4 Å². The number of nitrogens with zero attached hydrogens (tertiary/aromatic N) is 1. The highest BCUT2D eigenvalue weighted by Crippen LogP contribution is 2.32. The Morgan fingerprint density at radius 2 is 1.86 bits per heavy atom. The lowest BCUT2D eigenvalue weighted by molar-refractivity contribution is 1.26. The fourth-order valence-electron chi connectivity index (χ4n) is 2.57. The molecule has 22 heavy (non-hydrogen) atoms. The van der Waals surface area contributed by atoms with Crippen LogP contribution in [0.4, 0.5) is 10.8 Å². The molecule has 2 aromatic heterocycles. The second-order valence-corrected chi connectivity index (χ2v) is 6.09. The SMILES string of the molecule is Cc1csc(Nc2ccccc2-c2cc3ccccc3[nH]2)n1. The third-order valence-electron chi connectivity index (χ3n) is 3.61. The molecule has 0 atom stereocenters. The number of aryl methyl sites for hydroxylation is 1. The smallest absolute Gasteiger partial charge is 0.187 e. The summed E-state index contributed by atoms with van der Waals surface area (Å²) in [6, 6.07) is 18.8. The highest BCUT2D eigenvalue weighted by Gasteiger charge is 2.09. The molecule has 4 aromatic rings. The number of benzene rings is 2. The Hall–Kier alpha value is -2.59. The lowest BCUT2D eigenvalue weighted by Crippen LogP contribution is -1.92. The number of para-hydroxylation sites is 2. The van der Waals surface area contributed by atoms with Gasteiger partial charge < -0.3 is 10.3 Å². The Morgan fingerprint density at radius 1 is 1.05 bits per heavy atom. The van der Waals surface area contributed by atoms with Gasteiger partial charge in [0.15, 0.2) is 5.13 Å². The summed E-state index contributed by atoms with van der Waals surface area (Å²) in [5.74, 6) is 0. The topological polar surface area (TPSA) is 40.7 Å². The number of hydrogen-bond donors (Lipinski definition) is 2. The fourth-order valence-corrected chi connectivity index (χ4v) is 3.27. The Labute approximate surface area is 132 Å². The van der Waals surface area contributed by atoms with Gasteiger partial charge in [-0.15, -0.1) is 11.3 Å². The van der Waals surface area contributed by atoms with E-state index in [-0.39, 0.29) is 0 Å². The van der Waals surface area contributed by atoms with Gasteiger partial charge in [-0.2, -0.15) is 0 Å². The molecule has 0 unspecified atom stereocenters. The molecular formula is C18H15N3S. The van der Waals surface area contributed by atoms with Crippen LogP contribution in [0.2, 0.25) is 0 Å². The molecule has 0 spiro atoms. The summed E-state index contributed by atoms with van der Waals surface area (Å²) in [6.45, 7) is 2.01. The van der Waals surface area contributed by atoms with E-state index in [0.717, 1.165) is 33.3 Å². The molecule has 0 saturated carbocycles. The van der Waals surface area contributed by atoms with Gasteiger partial charge >= 0.3 is 0 Å². The average Bonchev–Trinajstić information content (AvgIpc) is 3.14. The summed E-state index contributed by atoms with van der Waals surface area (Å²) in [6.07, 6.45) is 0. The Balaban J connectivity index is 1.78.